The minimum absolute atomic E-state index is 0.0538. The molecule has 21 heavy (non-hydrogen) atoms. The topological polar surface area (TPSA) is 61.5 Å². The fourth-order valence-corrected chi connectivity index (χ4v) is 3.43. The van der Waals surface area contributed by atoms with Gasteiger partial charge in [-0.15, -0.1) is 0 Å². The third kappa shape index (κ3) is 7.58. The number of hydrogen-bond donors (Lipinski definition) is 1. The van der Waals surface area contributed by atoms with Crippen molar-refractivity contribution in [2.24, 2.45) is 5.73 Å². The maximum Gasteiger partial charge on any atom is 0.334 e. The smallest absolute Gasteiger partial charge is 0.324 e. The Hall–Kier alpha value is -0.930. The molecule has 0 aliphatic carbocycles. The van der Waals surface area contributed by atoms with E-state index in [-0.39, 0.29) is 12.2 Å². The first-order valence-corrected chi connectivity index (χ1v) is 9.16. The summed E-state index contributed by atoms with van der Waals surface area (Å²) in [6, 6.07) is 10.2. The lowest BCUT2D eigenvalue weighted by Crippen LogP contribution is -2.17. The third-order valence-corrected chi connectivity index (χ3v) is 4.93. The zero-order valence-electron chi connectivity index (χ0n) is 12.9. The fourth-order valence-electron chi connectivity index (χ4n) is 1.98. The van der Waals surface area contributed by atoms with Crippen molar-refractivity contribution in [3.05, 3.63) is 48.0 Å². The molecule has 4 nitrogen and oxygen atoms in total. The van der Waals surface area contributed by atoms with Crippen molar-refractivity contribution in [1.82, 2.24) is 0 Å². The summed E-state index contributed by atoms with van der Waals surface area (Å²) >= 11 is 0. The van der Waals surface area contributed by atoms with Crippen molar-refractivity contribution < 1.29 is 13.6 Å². The molecule has 0 saturated heterocycles. The van der Waals surface area contributed by atoms with Crippen molar-refractivity contribution >= 4 is 7.60 Å². The average molecular weight is 311 g/mol. The first-order valence-electron chi connectivity index (χ1n) is 7.44. The molecule has 0 spiro atoms. The SMILES string of the molecule is CCOP(=O)(CC=C[C@@H](N)CCc1ccccc1)OCC. The zero-order valence-corrected chi connectivity index (χ0v) is 13.8. The molecule has 0 radical (unpaired) electrons. The first kappa shape index (κ1) is 18.1. The van der Waals surface area contributed by atoms with Crippen molar-refractivity contribution in [2.75, 3.05) is 19.4 Å². The predicted octanol–water partition coefficient (Wildman–Crippen LogP) is 3.77. The van der Waals surface area contributed by atoms with Gasteiger partial charge in [0, 0.05) is 6.04 Å². The summed E-state index contributed by atoms with van der Waals surface area (Å²) < 4.78 is 22.7. The second-order valence-corrected chi connectivity index (χ2v) is 6.85. The highest BCUT2D eigenvalue weighted by Gasteiger charge is 2.21. The van der Waals surface area contributed by atoms with E-state index in [1.807, 2.05) is 30.4 Å². The molecular weight excluding hydrogens is 285 g/mol. The number of hydrogen-bond acceptors (Lipinski definition) is 4. The van der Waals surface area contributed by atoms with Crippen LogP contribution < -0.4 is 5.73 Å². The van der Waals surface area contributed by atoms with Crippen LogP contribution in [0, 0.1) is 0 Å². The molecule has 0 aliphatic rings. The zero-order chi connectivity index (χ0) is 15.6. The Morgan fingerprint density at radius 2 is 1.81 bits per heavy atom. The largest absolute Gasteiger partial charge is 0.334 e. The summed E-state index contributed by atoms with van der Waals surface area (Å²) in [6.45, 7) is 4.37. The van der Waals surface area contributed by atoms with E-state index < -0.39 is 7.60 Å². The van der Waals surface area contributed by atoms with Crippen LogP contribution in [0.2, 0.25) is 0 Å². The van der Waals surface area contributed by atoms with Crippen molar-refractivity contribution in [1.29, 1.82) is 0 Å². The van der Waals surface area contributed by atoms with Gasteiger partial charge in [0.05, 0.1) is 19.4 Å². The van der Waals surface area contributed by atoms with Gasteiger partial charge in [-0.1, -0.05) is 42.5 Å². The molecule has 1 atom stereocenters. The van der Waals surface area contributed by atoms with Gasteiger partial charge >= 0.3 is 7.60 Å². The second-order valence-electron chi connectivity index (χ2n) is 4.75. The first-order chi connectivity index (χ1) is 10.1. The van der Waals surface area contributed by atoms with Gasteiger partial charge in [-0.2, -0.15) is 0 Å². The molecule has 2 N–H and O–H groups in total. The lowest BCUT2D eigenvalue weighted by Gasteiger charge is -2.15. The molecule has 0 aromatic heterocycles. The van der Waals surface area contributed by atoms with Crippen molar-refractivity contribution in [2.45, 2.75) is 32.7 Å². The van der Waals surface area contributed by atoms with Crippen LogP contribution >= 0.6 is 7.60 Å². The normalized spacial score (nSPS) is 13.7. The molecule has 0 saturated carbocycles. The highest BCUT2D eigenvalue weighted by molar-refractivity contribution is 7.54. The Labute approximate surface area is 127 Å². The van der Waals surface area contributed by atoms with Gasteiger partial charge in [0.25, 0.3) is 0 Å². The van der Waals surface area contributed by atoms with E-state index in [1.165, 1.54) is 5.56 Å². The number of rotatable bonds is 10. The van der Waals surface area contributed by atoms with Crippen LogP contribution in [0.3, 0.4) is 0 Å². The lowest BCUT2D eigenvalue weighted by atomic mass is 10.1. The van der Waals surface area contributed by atoms with Gasteiger partial charge in [-0.3, -0.25) is 4.57 Å². The number of nitrogens with two attached hydrogens (primary N) is 1. The summed E-state index contributed by atoms with van der Waals surface area (Å²) in [4.78, 5) is 0. The van der Waals surface area contributed by atoms with Gasteiger partial charge < -0.3 is 14.8 Å². The minimum atomic E-state index is -2.99. The molecule has 0 amide bonds. The monoisotopic (exact) mass is 311 g/mol. The molecule has 118 valence electrons. The Bertz CT molecular complexity index is 452. The van der Waals surface area contributed by atoms with E-state index in [0.717, 1.165) is 12.8 Å². The van der Waals surface area contributed by atoms with E-state index in [9.17, 15) is 4.57 Å². The molecule has 0 bridgehead atoms. The van der Waals surface area contributed by atoms with E-state index in [2.05, 4.69) is 12.1 Å². The Morgan fingerprint density at radius 3 is 2.38 bits per heavy atom. The van der Waals surface area contributed by atoms with Crippen LogP contribution in [0.4, 0.5) is 0 Å². The summed E-state index contributed by atoms with van der Waals surface area (Å²) in [5.41, 5.74) is 7.31. The highest BCUT2D eigenvalue weighted by atomic mass is 31.2. The van der Waals surface area contributed by atoms with E-state index in [0.29, 0.717) is 13.2 Å². The van der Waals surface area contributed by atoms with Crippen LogP contribution in [0.15, 0.2) is 42.5 Å². The highest BCUT2D eigenvalue weighted by Crippen LogP contribution is 2.47. The van der Waals surface area contributed by atoms with Crippen LogP contribution in [0.5, 0.6) is 0 Å². The molecule has 1 aromatic carbocycles. The fraction of sp³-hybridized carbons (Fsp3) is 0.500. The Morgan fingerprint density at radius 1 is 1.19 bits per heavy atom. The Kier molecular flexibility index (Phi) is 8.55. The standard InChI is InChI=1S/C16H26NO3P/c1-3-19-21(18,20-4-2)14-8-11-16(17)13-12-15-9-6-5-7-10-15/h5-11,16H,3-4,12-14,17H2,1-2H3/t16-/m1/s1. The van der Waals surface area contributed by atoms with Gasteiger partial charge in [-0.05, 0) is 32.3 Å². The quantitative estimate of drug-likeness (QED) is 0.528. The van der Waals surface area contributed by atoms with Crippen LogP contribution in [-0.2, 0) is 20.0 Å². The molecule has 1 aromatic rings. The summed E-state index contributed by atoms with van der Waals surface area (Å²) in [7, 11) is -2.99. The number of allylic oxidation sites excluding steroid dienone is 1. The van der Waals surface area contributed by atoms with Gasteiger partial charge in [0.1, 0.15) is 0 Å². The van der Waals surface area contributed by atoms with Crippen molar-refractivity contribution in [3.63, 3.8) is 0 Å². The third-order valence-electron chi connectivity index (χ3n) is 2.97. The molecule has 1 rings (SSSR count). The Balaban J connectivity index is 2.39. The summed E-state index contributed by atoms with van der Waals surface area (Å²) in [5.74, 6) is 0. The molecule has 0 unspecified atom stereocenters. The minimum Gasteiger partial charge on any atom is -0.324 e. The van der Waals surface area contributed by atoms with E-state index >= 15 is 0 Å². The maximum atomic E-state index is 12.2. The lowest BCUT2D eigenvalue weighted by molar-refractivity contribution is 0.222. The summed E-state index contributed by atoms with van der Waals surface area (Å²) in [6.07, 6.45) is 5.75. The maximum absolute atomic E-state index is 12.2. The van der Waals surface area contributed by atoms with Gasteiger partial charge in [-0.25, -0.2) is 0 Å². The van der Waals surface area contributed by atoms with Crippen molar-refractivity contribution in [3.8, 4) is 0 Å². The second kappa shape index (κ2) is 9.91. The molecule has 0 heterocycles. The van der Waals surface area contributed by atoms with Crippen LogP contribution in [0.1, 0.15) is 25.8 Å². The average Bonchev–Trinajstić information content (AvgIpc) is 2.47. The molecule has 0 fully saturated rings. The number of benzene rings is 1. The number of aryl methyl sites for hydroxylation is 1. The molecule has 5 heteroatoms. The molecular formula is C16H26NO3P. The van der Waals surface area contributed by atoms with E-state index in [1.54, 1.807) is 13.8 Å². The van der Waals surface area contributed by atoms with Gasteiger partial charge in [0.15, 0.2) is 0 Å². The molecule has 0 aliphatic heterocycles. The predicted molar refractivity (Wildman–Crippen MR) is 87.6 cm³/mol. The van der Waals surface area contributed by atoms with E-state index in [4.69, 9.17) is 14.8 Å². The van der Waals surface area contributed by atoms with Gasteiger partial charge in [0.2, 0.25) is 0 Å². The van der Waals surface area contributed by atoms with Crippen LogP contribution in [-0.4, -0.2) is 25.4 Å². The summed E-state index contributed by atoms with van der Waals surface area (Å²) in [5, 5.41) is 0. The van der Waals surface area contributed by atoms with Crippen LogP contribution in [0.25, 0.3) is 0 Å².